The molecule has 0 aliphatic carbocycles. The molecule has 0 radical (unpaired) electrons. The molecule has 0 fully saturated rings. The molecule has 0 aliphatic rings. The first-order chi connectivity index (χ1) is 2.00. The second kappa shape index (κ2) is 1.17. The van der Waals surface area contributed by atoms with E-state index >= 15 is 0 Å². The van der Waals surface area contributed by atoms with E-state index in [1.54, 1.807) is 0 Å². The van der Waals surface area contributed by atoms with Gasteiger partial charge in [0.1, 0.15) is 0 Å². The van der Waals surface area contributed by atoms with Crippen LogP contribution in [-0.2, 0) is 3.74 Å². The monoisotopic (exact) mass is 138 g/mol. The molecule has 0 spiro atoms. The van der Waals surface area contributed by atoms with Crippen molar-refractivity contribution in [3.05, 3.63) is 0 Å². The van der Waals surface area contributed by atoms with Crippen molar-refractivity contribution in [3.8, 4) is 0 Å². The zero-order valence-corrected chi connectivity index (χ0v) is 4.55. The van der Waals surface area contributed by atoms with E-state index in [2.05, 4.69) is 0 Å². The van der Waals surface area contributed by atoms with Crippen LogP contribution in [0, 0.1) is 0 Å². The van der Waals surface area contributed by atoms with Gasteiger partial charge < -0.3 is 0 Å². The molecule has 0 N–H and O–H groups in total. The van der Waals surface area contributed by atoms with Crippen LogP contribution < -0.4 is 8.19 Å². The molecular formula is CH3AsO3-2. The molecule has 0 saturated carbocycles. The molecular weight excluding hydrogens is 135 g/mol. The maximum absolute atomic E-state index is 9.16. The molecule has 0 aromatic carbocycles. The first-order valence-electron chi connectivity index (χ1n) is 0.995. The first-order valence-corrected chi connectivity index (χ1v) is 5.17. The van der Waals surface area contributed by atoms with Gasteiger partial charge >= 0.3 is 31.8 Å². The fourth-order valence-electron chi connectivity index (χ4n) is 0. The van der Waals surface area contributed by atoms with Gasteiger partial charge in [0.05, 0.1) is 0 Å². The summed E-state index contributed by atoms with van der Waals surface area (Å²) in [6.07, 6.45) is 0. The van der Waals surface area contributed by atoms with E-state index in [1.165, 1.54) is 0 Å². The Kier molecular flexibility index (Phi) is 1.23. The third-order valence-corrected chi connectivity index (χ3v) is 0. The van der Waals surface area contributed by atoms with Crippen molar-refractivity contribution in [2.45, 2.75) is 5.71 Å². The average Bonchev–Trinajstić information content (AvgIpc) is 0.722. The van der Waals surface area contributed by atoms with Crippen molar-refractivity contribution < 1.29 is 11.9 Å². The third kappa shape index (κ3) is 286. The van der Waals surface area contributed by atoms with Crippen molar-refractivity contribution in [3.63, 3.8) is 0 Å². The maximum atomic E-state index is 9.16. The summed E-state index contributed by atoms with van der Waals surface area (Å²) in [6, 6.07) is 0. The summed E-state index contributed by atoms with van der Waals surface area (Å²) >= 11 is -4.62. The van der Waals surface area contributed by atoms with Gasteiger partial charge in [-0.1, -0.05) is 0 Å². The standard InChI is InChI=1S/CH5AsO3/c1-2(3,4)5/h1H3,(H2,3,4,5)/p-2. The van der Waals surface area contributed by atoms with E-state index in [0.717, 1.165) is 0 Å². The van der Waals surface area contributed by atoms with E-state index in [4.69, 9.17) is 11.9 Å². The Bertz CT molecular complexity index is 53.0. The zero-order valence-electron chi connectivity index (χ0n) is 2.67. The van der Waals surface area contributed by atoms with Crippen molar-refractivity contribution in [2.24, 2.45) is 0 Å². The zero-order chi connectivity index (χ0) is 4.50. The summed E-state index contributed by atoms with van der Waals surface area (Å²) in [4.78, 5) is 0. The molecule has 0 aromatic heterocycles. The molecule has 3 nitrogen and oxygen atoms in total. The Balaban J connectivity index is 3.47. The molecule has 0 atom stereocenters. The second-order valence-corrected chi connectivity index (χ2v) is 4.01. The van der Waals surface area contributed by atoms with Crippen LogP contribution in [0.3, 0.4) is 0 Å². The van der Waals surface area contributed by atoms with Gasteiger partial charge in [0.25, 0.3) is 0 Å². The van der Waals surface area contributed by atoms with E-state index in [1.807, 2.05) is 0 Å². The van der Waals surface area contributed by atoms with Crippen molar-refractivity contribution in [2.75, 3.05) is 0 Å². The summed E-state index contributed by atoms with van der Waals surface area (Å²) < 4.78 is 27.5. The van der Waals surface area contributed by atoms with E-state index in [9.17, 15) is 0 Å². The number of hydrogen-bond acceptors (Lipinski definition) is 3. The molecule has 32 valence electrons. The molecule has 5 heavy (non-hydrogen) atoms. The topological polar surface area (TPSA) is 63.2 Å². The van der Waals surface area contributed by atoms with Crippen molar-refractivity contribution >= 4 is 14.2 Å². The summed E-state index contributed by atoms with van der Waals surface area (Å²) in [6.45, 7) is 0. The minimum absolute atomic E-state index is 0.693. The van der Waals surface area contributed by atoms with E-state index in [-0.39, 0.29) is 0 Å². The molecule has 0 rings (SSSR count). The van der Waals surface area contributed by atoms with Crippen molar-refractivity contribution in [1.82, 2.24) is 0 Å². The van der Waals surface area contributed by atoms with E-state index in [0.29, 0.717) is 5.71 Å². The minimum atomic E-state index is -4.62. The number of hydrogen-bond donors (Lipinski definition) is 0. The fourth-order valence-corrected chi connectivity index (χ4v) is 0. The predicted octanol–water partition coefficient (Wildman–Crippen LogP) is -2.29. The van der Waals surface area contributed by atoms with Gasteiger partial charge in [0.15, 0.2) is 0 Å². The van der Waals surface area contributed by atoms with Crippen LogP contribution in [0.4, 0.5) is 0 Å². The molecule has 0 aliphatic heterocycles. The quantitative estimate of drug-likeness (QED) is 0.354. The Morgan fingerprint density at radius 3 is 1.60 bits per heavy atom. The van der Waals surface area contributed by atoms with Crippen LogP contribution in [0.1, 0.15) is 0 Å². The van der Waals surface area contributed by atoms with Crippen LogP contribution in [0.15, 0.2) is 0 Å². The predicted molar refractivity (Wildman–Crippen MR) is 12.3 cm³/mol. The van der Waals surface area contributed by atoms with Gasteiger partial charge in [0, 0.05) is 0 Å². The van der Waals surface area contributed by atoms with Crippen LogP contribution >= 0.6 is 0 Å². The third-order valence-electron chi connectivity index (χ3n) is 0. The molecule has 0 unspecified atom stereocenters. The van der Waals surface area contributed by atoms with Gasteiger partial charge in [-0.15, -0.1) is 0 Å². The fraction of sp³-hybridized carbons (Fsp3) is 1.00. The second-order valence-electron chi connectivity index (χ2n) is 0.771. The molecule has 0 saturated heterocycles. The van der Waals surface area contributed by atoms with Crippen molar-refractivity contribution in [1.29, 1.82) is 0 Å². The van der Waals surface area contributed by atoms with Crippen LogP contribution in [0.25, 0.3) is 0 Å². The Labute approximate surface area is 32.6 Å². The summed E-state index contributed by atoms with van der Waals surface area (Å²) in [5.41, 5.74) is 0.693. The van der Waals surface area contributed by atoms with Gasteiger partial charge in [0.2, 0.25) is 0 Å². The molecule has 0 amide bonds. The van der Waals surface area contributed by atoms with Crippen LogP contribution in [-0.4, -0.2) is 14.2 Å². The van der Waals surface area contributed by atoms with Crippen LogP contribution in [0.5, 0.6) is 0 Å². The average molecular weight is 138 g/mol. The summed E-state index contributed by atoms with van der Waals surface area (Å²) in [5.74, 6) is 0. The molecule has 0 aromatic rings. The molecule has 0 heterocycles. The first kappa shape index (κ1) is 5.28. The Morgan fingerprint density at radius 1 is 1.60 bits per heavy atom. The Morgan fingerprint density at radius 2 is 1.60 bits per heavy atom. The van der Waals surface area contributed by atoms with E-state index < -0.39 is 14.2 Å². The number of rotatable bonds is 0. The SMILES string of the molecule is C[As](=O)([O-])[O-]. The summed E-state index contributed by atoms with van der Waals surface area (Å²) in [7, 11) is 0. The normalized spacial score (nSPS) is 11.8. The molecule has 4 heteroatoms. The van der Waals surface area contributed by atoms with Gasteiger partial charge in [-0.25, -0.2) is 0 Å². The van der Waals surface area contributed by atoms with Gasteiger partial charge in [-0.3, -0.25) is 0 Å². The summed E-state index contributed by atoms with van der Waals surface area (Å²) in [5, 5.41) is 0. The Hall–Kier alpha value is 0.278. The molecule has 0 bridgehead atoms. The van der Waals surface area contributed by atoms with Gasteiger partial charge in [-0.05, 0) is 0 Å². The van der Waals surface area contributed by atoms with Crippen LogP contribution in [0.2, 0.25) is 5.71 Å². The van der Waals surface area contributed by atoms with Gasteiger partial charge in [-0.2, -0.15) is 0 Å².